The molecule has 0 bridgehead atoms. The van der Waals surface area contributed by atoms with Gasteiger partial charge in [0.05, 0.1) is 6.04 Å². The zero-order valence-electron chi connectivity index (χ0n) is 14.5. The first kappa shape index (κ1) is 17.2. The molecule has 2 fully saturated rings. The van der Waals surface area contributed by atoms with Gasteiger partial charge in [-0.15, -0.1) is 0 Å². The number of hydrogen-bond donors (Lipinski definition) is 1. The van der Waals surface area contributed by atoms with Crippen LogP contribution in [0.1, 0.15) is 47.6 Å². The monoisotopic (exact) mass is 370 g/mol. The molecular formula is C20H22N2O3S. The van der Waals surface area contributed by atoms with E-state index in [0.717, 1.165) is 32.2 Å². The zero-order chi connectivity index (χ0) is 17.9. The minimum Gasteiger partial charge on any atom is -0.368 e. The van der Waals surface area contributed by atoms with Gasteiger partial charge in [0, 0.05) is 24.4 Å². The maximum atomic E-state index is 13.0. The molecule has 6 heteroatoms. The molecule has 0 saturated carbocycles. The van der Waals surface area contributed by atoms with Crippen molar-refractivity contribution >= 4 is 28.8 Å². The minimum atomic E-state index is -0.379. The Bertz CT molecular complexity index is 784. The van der Waals surface area contributed by atoms with E-state index in [4.69, 9.17) is 4.74 Å². The lowest BCUT2D eigenvalue weighted by atomic mass is 10.1. The molecule has 0 radical (unpaired) electrons. The van der Waals surface area contributed by atoms with Gasteiger partial charge >= 0.3 is 0 Å². The summed E-state index contributed by atoms with van der Waals surface area (Å²) in [6.07, 6.45) is 3.30. The molecule has 0 unspecified atom stereocenters. The van der Waals surface area contributed by atoms with Crippen LogP contribution in [-0.4, -0.2) is 36.0 Å². The number of ether oxygens (including phenoxy) is 1. The highest BCUT2D eigenvalue weighted by atomic mass is 32.1. The molecule has 2 aromatic rings. The number of nitrogens with zero attached hydrogens (tertiary/aromatic N) is 1. The van der Waals surface area contributed by atoms with Gasteiger partial charge in [-0.1, -0.05) is 6.07 Å². The molecule has 2 aliphatic rings. The third-order valence-electron chi connectivity index (χ3n) is 5.04. The van der Waals surface area contributed by atoms with Crippen LogP contribution in [0.25, 0.3) is 0 Å². The topological polar surface area (TPSA) is 58.6 Å². The fraction of sp³-hybridized carbons (Fsp3) is 0.400. The normalized spacial score (nSPS) is 22.5. The number of anilines is 1. The van der Waals surface area contributed by atoms with Crippen molar-refractivity contribution in [2.24, 2.45) is 0 Å². The predicted octanol–water partition coefficient (Wildman–Crippen LogP) is 3.84. The summed E-state index contributed by atoms with van der Waals surface area (Å²) >= 11 is 1.66. The first-order valence-corrected chi connectivity index (χ1v) is 10.0. The predicted molar refractivity (Wildman–Crippen MR) is 101 cm³/mol. The van der Waals surface area contributed by atoms with Crippen LogP contribution in [0.15, 0.2) is 41.1 Å². The van der Waals surface area contributed by atoms with Gasteiger partial charge in [-0.05, 0) is 66.3 Å². The zero-order valence-corrected chi connectivity index (χ0v) is 15.3. The Morgan fingerprint density at radius 1 is 1.19 bits per heavy atom. The Kier molecular flexibility index (Phi) is 5.04. The lowest BCUT2D eigenvalue weighted by Crippen LogP contribution is -2.30. The van der Waals surface area contributed by atoms with Crippen LogP contribution >= 0.6 is 11.3 Å². The van der Waals surface area contributed by atoms with Gasteiger partial charge in [-0.25, -0.2) is 0 Å². The standard InChI is InChI=1S/C20H22N2O3S/c23-19(18-7-3-10-25-18)21-16-5-1-4-14(12-16)20(24)22-9-2-6-17(22)15-8-11-26-13-15/h1,4-5,8,11-13,17-18H,2-3,6-7,9-10H2,(H,21,23)/t17-,18+/m0/s1. The highest BCUT2D eigenvalue weighted by Crippen LogP contribution is 2.34. The Balaban J connectivity index is 1.48. The Labute approximate surface area is 157 Å². The van der Waals surface area contributed by atoms with Crippen molar-refractivity contribution in [3.63, 3.8) is 0 Å². The third kappa shape index (κ3) is 3.52. The number of thiophene rings is 1. The molecule has 1 aromatic carbocycles. The molecule has 0 spiro atoms. The minimum absolute atomic E-state index is 0.0203. The summed E-state index contributed by atoms with van der Waals surface area (Å²) in [5.41, 5.74) is 2.46. The van der Waals surface area contributed by atoms with Crippen molar-refractivity contribution in [2.75, 3.05) is 18.5 Å². The van der Waals surface area contributed by atoms with Gasteiger partial charge in [0.1, 0.15) is 6.10 Å². The Morgan fingerprint density at radius 3 is 2.88 bits per heavy atom. The highest BCUT2D eigenvalue weighted by Gasteiger charge is 2.31. The van der Waals surface area contributed by atoms with Crippen LogP contribution < -0.4 is 5.32 Å². The van der Waals surface area contributed by atoms with E-state index in [1.54, 1.807) is 17.4 Å². The number of benzene rings is 1. The fourth-order valence-electron chi connectivity index (χ4n) is 3.72. The van der Waals surface area contributed by atoms with Gasteiger partial charge in [0.25, 0.3) is 11.8 Å². The van der Waals surface area contributed by atoms with E-state index in [9.17, 15) is 9.59 Å². The van der Waals surface area contributed by atoms with Gasteiger partial charge in [-0.3, -0.25) is 9.59 Å². The fourth-order valence-corrected chi connectivity index (χ4v) is 4.43. The van der Waals surface area contributed by atoms with E-state index in [-0.39, 0.29) is 24.0 Å². The van der Waals surface area contributed by atoms with Crippen LogP contribution in [0.2, 0.25) is 0 Å². The van der Waals surface area contributed by atoms with Crippen molar-refractivity contribution in [1.82, 2.24) is 4.90 Å². The van der Waals surface area contributed by atoms with Gasteiger partial charge in [-0.2, -0.15) is 11.3 Å². The van der Waals surface area contributed by atoms with E-state index >= 15 is 0 Å². The summed E-state index contributed by atoms with van der Waals surface area (Å²) < 4.78 is 5.42. The number of amides is 2. The second kappa shape index (κ2) is 7.60. The number of carbonyl (C=O) groups excluding carboxylic acids is 2. The van der Waals surface area contributed by atoms with E-state index in [1.807, 2.05) is 23.1 Å². The quantitative estimate of drug-likeness (QED) is 0.889. The molecule has 2 aliphatic heterocycles. The molecule has 2 atom stereocenters. The molecule has 1 aromatic heterocycles. The molecular weight excluding hydrogens is 348 g/mol. The van der Waals surface area contributed by atoms with Crippen LogP contribution in [0.3, 0.4) is 0 Å². The molecule has 5 nitrogen and oxygen atoms in total. The van der Waals surface area contributed by atoms with Crippen molar-refractivity contribution in [2.45, 2.75) is 37.8 Å². The number of rotatable bonds is 4. The smallest absolute Gasteiger partial charge is 0.254 e. The highest BCUT2D eigenvalue weighted by molar-refractivity contribution is 7.08. The Hall–Kier alpha value is -2.18. The summed E-state index contributed by atoms with van der Waals surface area (Å²) in [4.78, 5) is 27.2. The van der Waals surface area contributed by atoms with Gasteiger partial charge in [0.2, 0.25) is 0 Å². The summed E-state index contributed by atoms with van der Waals surface area (Å²) in [7, 11) is 0. The van der Waals surface area contributed by atoms with Crippen LogP contribution in [0.4, 0.5) is 5.69 Å². The molecule has 136 valence electrons. The lowest BCUT2D eigenvalue weighted by molar-refractivity contribution is -0.124. The van der Waals surface area contributed by atoms with E-state index in [2.05, 4.69) is 22.1 Å². The number of likely N-dealkylation sites (tertiary alicyclic amines) is 1. The van der Waals surface area contributed by atoms with Crippen LogP contribution in [0.5, 0.6) is 0 Å². The first-order valence-electron chi connectivity index (χ1n) is 9.08. The van der Waals surface area contributed by atoms with Crippen molar-refractivity contribution in [1.29, 1.82) is 0 Å². The average molecular weight is 370 g/mol. The van der Waals surface area contributed by atoms with E-state index in [0.29, 0.717) is 17.9 Å². The lowest BCUT2D eigenvalue weighted by Gasteiger charge is -2.24. The van der Waals surface area contributed by atoms with Crippen molar-refractivity contribution < 1.29 is 14.3 Å². The summed E-state index contributed by atoms with van der Waals surface area (Å²) in [6, 6.07) is 9.45. The maximum absolute atomic E-state index is 13.0. The molecule has 4 rings (SSSR count). The second-order valence-electron chi connectivity index (χ2n) is 6.78. The number of nitrogens with one attached hydrogen (secondary N) is 1. The number of carbonyl (C=O) groups is 2. The molecule has 3 heterocycles. The molecule has 2 amide bonds. The van der Waals surface area contributed by atoms with Crippen LogP contribution in [-0.2, 0) is 9.53 Å². The average Bonchev–Trinajstić information content (AvgIpc) is 3.43. The van der Waals surface area contributed by atoms with E-state index < -0.39 is 0 Å². The van der Waals surface area contributed by atoms with Crippen molar-refractivity contribution in [3.8, 4) is 0 Å². The molecule has 0 aliphatic carbocycles. The van der Waals surface area contributed by atoms with Gasteiger partial charge in [0.15, 0.2) is 0 Å². The van der Waals surface area contributed by atoms with Crippen LogP contribution in [0, 0.1) is 0 Å². The maximum Gasteiger partial charge on any atom is 0.254 e. The third-order valence-corrected chi connectivity index (χ3v) is 5.74. The summed E-state index contributed by atoms with van der Waals surface area (Å²) in [5.74, 6) is -0.115. The SMILES string of the molecule is O=C(Nc1cccc(C(=O)N2CCC[C@H]2c2ccsc2)c1)[C@H]1CCCO1. The second-order valence-corrected chi connectivity index (χ2v) is 7.57. The Morgan fingerprint density at radius 2 is 2.12 bits per heavy atom. The number of hydrogen-bond acceptors (Lipinski definition) is 4. The van der Waals surface area contributed by atoms with Gasteiger partial charge < -0.3 is 15.0 Å². The van der Waals surface area contributed by atoms with Crippen molar-refractivity contribution in [3.05, 3.63) is 52.2 Å². The molecule has 2 saturated heterocycles. The first-order chi connectivity index (χ1) is 12.7. The summed E-state index contributed by atoms with van der Waals surface area (Å²) in [6.45, 7) is 1.40. The molecule has 26 heavy (non-hydrogen) atoms. The summed E-state index contributed by atoms with van der Waals surface area (Å²) in [5, 5.41) is 7.05. The molecule has 1 N–H and O–H groups in total. The van der Waals surface area contributed by atoms with E-state index in [1.165, 1.54) is 5.56 Å². The largest absolute Gasteiger partial charge is 0.368 e.